The Morgan fingerprint density at radius 3 is 2.74 bits per heavy atom. The summed E-state index contributed by atoms with van der Waals surface area (Å²) in [5, 5.41) is 20.5. The van der Waals surface area contributed by atoms with Crippen molar-refractivity contribution in [3.05, 3.63) is 51.6 Å². The molecule has 0 spiro atoms. The van der Waals surface area contributed by atoms with Crippen LogP contribution in [0.25, 0.3) is 10.6 Å². The molecule has 184 valence electrons. The van der Waals surface area contributed by atoms with Crippen LogP contribution in [-0.4, -0.2) is 42.5 Å². The molecule has 14 heteroatoms. The molecule has 2 aromatic heterocycles. The number of nitrogens with one attached hydrogen (secondary N) is 2. The molecule has 1 aliphatic heterocycles. The molecule has 2 aliphatic rings. The molecule has 11 nitrogen and oxygen atoms in total. The Bertz CT molecular complexity index is 1560. The molecule has 0 saturated heterocycles. The predicted octanol–water partition coefficient (Wildman–Crippen LogP) is 2.80. The lowest BCUT2D eigenvalue weighted by atomic mass is 10.1. The van der Waals surface area contributed by atoms with Gasteiger partial charge in [0.05, 0.1) is 22.1 Å². The van der Waals surface area contributed by atoms with Crippen molar-refractivity contribution in [3.8, 4) is 16.3 Å². The van der Waals surface area contributed by atoms with Crippen LogP contribution in [0.4, 0.5) is 11.4 Å². The number of thiophene rings is 1. The van der Waals surface area contributed by atoms with Crippen LogP contribution in [0.15, 0.2) is 45.3 Å². The molecule has 1 fully saturated rings. The van der Waals surface area contributed by atoms with Gasteiger partial charge in [-0.3, -0.25) is 14.1 Å². The quantitative estimate of drug-likeness (QED) is 0.391. The number of aromatic hydroxyl groups is 1. The van der Waals surface area contributed by atoms with Gasteiger partial charge in [0.15, 0.2) is 11.6 Å². The molecule has 5 rings (SSSR count). The summed E-state index contributed by atoms with van der Waals surface area (Å²) in [7, 11) is -6.29. The van der Waals surface area contributed by atoms with Crippen LogP contribution in [-0.2, 0) is 25.7 Å². The maximum atomic E-state index is 13.7. The average Bonchev–Trinajstić information content (AvgIpc) is 3.44. The minimum atomic E-state index is -3.93. The Hall–Kier alpha value is -2.99. The van der Waals surface area contributed by atoms with Gasteiger partial charge in [-0.2, -0.15) is 9.86 Å². The maximum absolute atomic E-state index is 13.7. The Morgan fingerprint density at radius 1 is 1.34 bits per heavy atom. The van der Waals surface area contributed by atoms with Crippen molar-refractivity contribution in [1.29, 1.82) is 0 Å². The number of nitrogens with zero attached hydrogens (tertiary/aromatic N) is 3. The smallest absolute Gasteiger partial charge is 0.348 e. The monoisotopic (exact) mass is 535 g/mol. The van der Waals surface area contributed by atoms with Crippen molar-refractivity contribution in [3.63, 3.8) is 0 Å². The first-order valence-electron chi connectivity index (χ1n) is 10.6. The number of rotatable bonds is 7. The van der Waals surface area contributed by atoms with E-state index < -0.39 is 23.1 Å². The summed E-state index contributed by atoms with van der Waals surface area (Å²) in [6.45, 7) is 0.400. The van der Waals surface area contributed by atoms with Crippen molar-refractivity contribution < 1.29 is 22.6 Å². The van der Waals surface area contributed by atoms with Crippen LogP contribution in [0.5, 0.6) is 5.75 Å². The van der Waals surface area contributed by atoms with E-state index in [0.717, 1.165) is 19.1 Å². The summed E-state index contributed by atoms with van der Waals surface area (Å²) in [6, 6.07) is 7.94. The lowest BCUT2D eigenvalue weighted by Crippen LogP contribution is -2.35. The molecule has 1 saturated carbocycles. The van der Waals surface area contributed by atoms with Crippen molar-refractivity contribution in [2.45, 2.75) is 19.4 Å². The van der Waals surface area contributed by atoms with Crippen LogP contribution >= 0.6 is 18.9 Å². The van der Waals surface area contributed by atoms with Crippen molar-refractivity contribution >= 4 is 51.4 Å². The molecule has 1 aromatic carbocycles. The summed E-state index contributed by atoms with van der Waals surface area (Å²) in [5.74, 6) is -0.155. The maximum Gasteiger partial charge on any atom is 0.348 e. The van der Waals surface area contributed by atoms with Gasteiger partial charge in [0.1, 0.15) is 11.3 Å². The van der Waals surface area contributed by atoms with Crippen LogP contribution in [0, 0.1) is 5.92 Å². The largest absolute Gasteiger partial charge is 0.505 e. The molecule has 1 aliphatic carbocycles. The molecule has 3 heterocycles. The van der Waals surface area contributed by atoms with Gasteiger partial charge < -0.3 is 14.9 Å². The Morgan fingerprint density at radius 2 is 2.11 bits per heavy atom. The van der Waals surface area contributed by atoms with E-state index >= 15 is 0 Å². The van der Waals surface area contributed by atoms with Gasteiger partial charge in [-0.1, -0.05) is 6.07 Å². The lowest BCUT2D eigenvalue weighted by molar-refractivity contribution is 0.404. The normalized spacial score (nSPS) is 19.5. The number of aromatic nitrogens is 2. The predicted molar refractivity (Wildman–Crippen MR) is 136 cm³/mol. The number of anilines is 2. The first kappa shape index (κ1) is 23.7. The van der Waals surface area contributed by atoms with Gasteiger partial charge in [-0.15, -0.1) is 11.3 Å². The summed E-state index contributed by atoms with van der Waals surface area (Å²) in [4.78, 5) is 14.1. The van der Waals surface area contributed by atoms with Gasteiger partial charge in [0.2, 0.25) is 10.0 Å². The third-order valence-corrected chi connectivity index (χ3v) is 9.01. The Labute approximate surface area is 205 Å². The highest BCUT2D eigenvalue weighted by Crippen LogP contribution is 2.52. The Kier molecular flexibility index (Phi) is 5.83. The van der Waals surface area contributed by atoms with E-state index in [1.807, 2.05) is 11.4 Å². The molecule has 35 heavy (non-hydrogen) atoms. The second-order valence-corrected chi connectivity index (χ2v) is 13.1. The molecule has 3 N–H and O–H groups in total. The highest BCUT2D eigenvalue weighted by molar-refractivity contribution is 7.92. The summed E-state index contributed by atoms with van der Waals surface area (Å²) in [5.41, 5.74) is -0.0120. The van der Waals surface area contributed by atoms with E-state index in [1.54, 1.807) is 6.07 Å². The zero-order chi connectivity index (χ0) is 25.0. The topological polar surface area (TPSA) is 152 Å². The third-order valence-electron chi connectivity index (χ3n) is 5.59. The van der Waals surface area contributed by atoms with Crippen LogP contribution < -0.4 is 20.9 Å². The molecule has 3 aromatic rings. The number of amidine groups is 1. The molecule has 1 unspecified atom stereocenters. The first-order chi connectivity index (χ1) is 16.6. The molecular formula is C21H22N5O6PS2. The number of hydrogen-bond acceptors (Lipinski definition) is 9. The van der Waals surface area contributed by atoms with Crippen LogP contribution in [0.2, 0.25) is 0 Å². The standard InChI is InChI=1S/C21H22N5O6PS2/c1-32-33(29)15-10-13(25-35(2,30)31)7-8-14(15)22-20(24-33)17-19(27)18(16-4-3-9-34-16)23-26(21(17)28)11-12-5-6-12/h3-4,7-10,12,25,27H,5-6,11H2,1-2H3,(H,22,24,29). The number of hydrogen-bond donors (Lipinski definition) is 3. The minimum Gasteiger partial charge on any atom is -0.505 e. The zero-order valence-electron chi connectivity index (χ0n) is 18.8. The molecular weight excluding hydrogens is 513 g/mol. The fourth-order valence-corrected chi connectivity index (χ4v) is 6.56. The van der Waals surface area contributed by atoms with Crippen molar-refractivity contribution in [2.24, 2.45) is 10.7 Å². The number of benzene rings is 1. The second-order valence-electron chi connectivity index (χ2n) is 8.36. The SMILES string of the molecule is COP1(=O)N=C(c2c(O)c(-c3cccs3)nn(CC3CC3)c2=O)Nc2ccc(NS(C)(=O)=O)cc21. The fourth-order valence-electron chi connectivity index (χ4n) is 3.76. The van der Waals surface area contributed by atoms with Crippen molar-refractivity contribution in [2.75, 3.05) is 23.4 Å². The van der Waals surface area contributed by atoms with Gasteiger partial charge in [-0.05, 0) is 48.4 Å². The van der Waals surface area contributed by atoms with E-state index in [2.05, 4.69) is 19.9 Å². The van der Waals surface area contributed by atoms with Gasteiger partial charge in [0.25, 0.3) is 5.56 Å². The van der Waals surface area contributed by atoms with E-state index in [-0.39, 0.29) is 33.8 Å². The van der Waals surface area contributed by atoms with E-state index in [4.69, 9.17) is 4.52 Å². The van der Waals surface area contributed by atoms with E-state index in [1.165, 1.54) is 41.3 Å². The minimum absolute atomic E-state index is 0.112. The molecule has 0 bridgehead atoms. The van der Waals surface area contributed by atoms with Gasteiger partial charge in [-0.25, -0.2) is 13.1 Å². The summed E-state index contributed by atoms with van der Waals surface area (Å²) >= 11 is 1.36. The molecule has 1 atom stereocenters. The lowest BCUT2D eigenvalue weighted by Gasteiger charge is -2.25. The zero-order valence-corrected chi connectivity index (χ0v) is 21.3. The van der Waals surface area contributed by atoms with Gasteiger partial charge in [0, 0.05) is 19.3 Å². The first-order valence-corrected chi connectivity index (χ1v) is 15.0. The number of sulfonamides is 1. The highest BCUT2D eigenvalue weighted by Gasteiger charge is 2.36. The average molecular weight is 536 g/mol. The third kappa shape index (κ3) is 4.64. The van der Waals surface area contributed by atoms with Crippen LogP contribution in [0.3, 0.4) is 0 Å². The van der Waals surface area contributed by atoms with E-state index in [0.29, 0.717) is 23.0 Å². The Balaban J connectivity index is 1.67. The summed E-state index contributed by atoms with van der Waals surface area (Å²) in [6.07, 6.45) is 2.99. The second kappa shape index (κ2) is 8.59. The highest BCUT2D eigenvalue weighted by atomic mass is 32.2. The van der Waals surface area contributed by atoms with E-state index in [9.17, 15) is 22.9 Å². The fraction of sp³-hybridized carbons (Fsp3) is 0.286. The molecule has 0 amide bonds. The van der Waals surface area contributed by atoms with Crippen molar-refractivity contribution in [1.82, 2.24) is 9.78 Å². The molecule has 0 radical (unpaired) electrons. The van der Waals surface area contributed by atoms with Gasteiger partial charge >= 0.3 is 7.52 Å². The number of fused-ring (bicyclic) bond motifs is 1. The van der Waals surface area contributed by atoms with Crippen LogP contribution in [0.1, 0.15) is 18.4 Å². The summed E-state index contributed by atoms with van der Waals surface area (Å²) < 4.78 is 50.1.